The van der Waals surface area contributed by atoms with Gasteiger partial charge in [-0.25, -0.2) is 4.79 Å². The summed E-state index contributed by atoms with van der Waals surface area (Å²) in [6.07, 6.45) is 4.67. The Bertz CT molecular complexity index is 331. The first-order valence-corrected chi connectivity index (χ1v) is 5.20. The van der Waals surface area contributed by atoms with Gasteiger partial charge in [-0.1, -0.05) is 12.2 Å². The fourth-order valence-corrected chi connectivity index (χ4v) is 1.82. The molecule has 4 heteroatoms. The summed E-state index contributed by atoms with van der Waals surface area (Å²) >= 11 is 1.38. The lowest BCUT2D eigenvalue weighted by molar-refractivity contribution is 0.0606. The van der Waals surface area contributed by atoms with Crippen LogP contribution in [0, 0.1) is 0 Å². The van der Waals surface area contributed by atoms with Crippen molar-refractivity contribution in [3.8, 4) is 0 Å². The smallest absolute Gasteiger partial charge is 0.348 e. The summed E-state index contributed by atoms with van der Waals surface area (Å²) in [5.41, 5.74) is 6.25. The second-order valence-corrected chi connectivity index (χ2v) is 3.59. The molecule has 0 aliphatic carbocycles. The number of carbonyl (C=O) groups is 1. The molecule has 0 unspecified atom stereocenters. The van der Waals surface area contributed by atoms with Crippen molar-refractivity contribution in [2.45, 2.75) is 6.42 Å². The molecule has 0 atom stereocenters. The van der Waals surface area contributed by atoms with E-state index in [2.05, 4.69) is 4.74 Å². The van der Waals surface area contributed by atoms with E-state index in [1.54, 1.807) is 0 Å². The number of esters is 1. The Morgan fingerprint density at radius 1 is 1.71 bits per heavy atom. The van der Waals surface area contributed by atoms with Gasteiger partial charge in [-0.2, -0.15) is 0 Å². The van der Waals surface area contributed by atoms with Crippen LogP contribution in [0.1, 0.15) is 21.7 Å². The highest BCUT2D eigenvalue weighted by Crippen LogP contribution is 2.19. The first-order chi connectivity index (χ1) is 6.79. The van der Waals surface area contributed by atoms with Crippen molar-refractivity contribution in [2.24, 2.45) is 5.73 Å². The molecule has 0 fully saturated rings. The quantitative estimate of drug-likeness (QED) is 0.774. The normalized spacial score (nSPS) is 10.7. The molecule has 0 radical (unpaired) electrons. The zero-order valence-electron chi connectivity index (χ0n) is 8.03. The maximum atomic E-state index is 11.3. The van der Waals surface area contributed by atoms with E-state index in [9.17, 15) is 4.79 Å². The van der Waals surface area contributed by atoms with Crippen LogP contribution in [0.5, 0.6) is 0 Å². The molecule has 0 saturated heterocycles. The fourth-order valence-electron chi connectivity index (χ4n) is 1.02. The highest BCUT2D eigenvalue weighted by Gasteiger charge is 2.10. The molecule has 2 N–H and O–H groups in total. The molecule has 0 aromatic carbocycles. The standard InChI is InChI=1S/C10H13NO2S/c1-13-10(12)9-8(5-7-14-9)4-2-3-6-11/h2,4-5,7H,3,6,11H2,1H3. The Hall–Kier alpha value is -1.13. The predicted molar refractivity (Wildman–Crippen MR) is 58.4 cm³/mol. The summed E-state index contributed by atoms with van der Waals surface area (Å²) in [6.45, 7) is 0.619. The van der Waals surface area contributed by atoms with Gasteiger partial charge in [0.2, 0.25) is 0 Å². The van der Waals surface area contributed by atoms with Crippen molar-refractivity contribution < 1.29 is 9.53 Å². The minimum Gasteiger partial charge on any atom is -0.465 e. The lowest BCUT2D eigenvalue weighted by Gasteiger charge is -1.96. The average molecular weight is 211 g/mol. The summed E-state index contributed by atoms with van der Waals surface area (Å²) in [5.74, 6) is -0.285. The van der Waals surface area contributed by atoms with Gasteiger partial charge in [0, 0.05) is 0 Å². The molecule has 1 aromatic heterocycles. The van der Waals surface area contributed by atoms with Crippen LogP contribution in [-0.4, -0.2) is 19.6 Å². The van der Waals surface area contributed by atoms with Crippen LogP contribution in [0.2, 0.25) is 0 Å². The SMILES string of the molecule is COC(=O)c1sccc1C=CCCN. The number of thiophene rings is 1. The van der Waals surface area contributed by atoms with Crippen LogP contribution in [0.3, 0.4) is 0 Å². The molecule has 14 heavy (non-hydrogen) atoms. The summed E-state index contributed by atoms with van der Waals surface area (Å²) in [5, 5.41) is 1.87. The van der Waals surface area contributed by atoms with Crippen molar-refractivity contribution in [2.75, 3.05) is 13.7 Å². The number of methoxy groups -OCH3 is 1. The van der Waals surface area contributed by atoms with E-state index in [1.807, 2.05) is 23.6 Å². The first kappa shape index (κ1) is 10.9. The molecule has 0 aliphatic rings. The maximum absolute atomic E-state index is 11.3. The molecule has 0 amide bonds. The molecule has 0 bridgehead atoms. The average Bonchev–Trinajstić information content (AvgIpc) is 2.65. The number of carbonyl (C=O) groups excluding carboxylic acids is 1. The van der Waals surface area contributed by atoms with Gasteiger partial charge in [0.05, 0.1) is 7.11 Å². The minimum atomic E-state index is -0.285. The molecule has 3 nitrogen and oxygen atoms in total. The summed E-state index contributed by atoms with van der Waals surface area (Å²) in [4.78, 5) is 11.9. The van der Waals surface area contributed by atoms with E-state index in [4.69, 9.17) is 5.73 Å². The van der Waals surface area contributed by atoms with Gasteiger partial charge in [-0.05, 0) is 30.0 Å². The van der Waals surface area contributed by atoms with Gasteiger partial charge in [0.15, 0.2) is 0 Å². The fraction of sp³-hybridized carbons (Fsp3) is 0.300. The van der Waals surface area contributed by atoms with E-state index >= 15 is 0 Å². The van der Waals surface area contributed by atoms with Crippen molar-refractivity contribution in [3.05, 3.63) is 28.0 Å². The van der Waals surface area contributed by atoms with Crippen LogP contribution >= 0.6 is 11.3 Å². The van der Waals surface area contributed by atoms with E-state index in [-0.39, 0.29) is 5.97 Å². The topological polar surface area (TPSA) is 52.3 Å². The lowest BCUT2D eigenvalue weighted by Crippen LogP contribution is -1.99. The Morgan fingerprint density at radius 3 is 3.14 bits per heavy atom. The maximum Gasteiger partial charge on any atom is 0.348 e. The number of hydrogen-bond acceptors (Lipinski definition) is 4. The molecular formula is C10H13NO2S. The largest absolute Gasteiger partial charge is 0.465 e. The van der Waals surface area contributed by atoms with Gasteiger partial charge >= 0.3 is 5.97 Å². The predicted octanol–water partition coefficient (Wildman–Crippen LogP) is 1.90. The summed E-state index contributed by atoms with van der Waals surface area (Å²) < 4.78 is 4.65. The summed E-state index contributed by atoms with van der Waals surface area (Å²) in [7, 11) is 1.38. The van der Waals surface area contributed by atoms with Gasteiger partial charge in [-0.15, -0.1) is 11.3 Å². The van der Waals surface area contributed by atoms with Crippen molar-refractivity contribution in [1.29, 1.82) is 0 Å². The van der Waals surface area contributed by atoms with Crippen LogP contribution in [0.4, 0.5) is 0 Å². The van der Waals surface area contributed by atoms with E-state index in [1.165, 1.54) is 18.4 Å². The zero-order chi connectivity index (χ0) is 10.4. The van der Waals surface area contributed by atoms with Gasteiger partial charge in [-0.3, -0.25) is 0 Å². The number of ether oxygens (including phenoxy) is 1. The highest BCUT2D eigenvalue weighted by molar-refractivity contribution is 7.12. The zero-order valence-corrected chi connectivity index (χ0v) is 8.84. The Morgan fingerprint density at radius 2 is 2.50 bits per heavy atom. The van der Waals surface area contributed by atoms with Crippen LogP contribution in [0.25, 0.3) is 6.08 Å². The Labute approximate surface area is 87.2 Å². The van der Waals surface area contributed by atoms with Gasteiger partial charge < -0.3 is 10.5 Å². The van der Waals surface area contributed by atoms with Gasteiger partial charge in [0.25, 0.3) is 0 Å². The van der Waals surface area contributed by atoms with E-state index in [0.717, 1.165) is 12.0 Å². The van der Waals surface area contributed by atoms with Crippen molar-refractivity contribution >= 4 is 23.4 Å². The molecular weight excluding hydrogens is 198 g/mol. The summed E-state index contributed by atoms with van der Waals surface area (Å²) in [6, 6.07) is 1.89. The van der Waals surface area contributed by atoms with Crippen LogP contribution in [-0.2, 0) is 4.74 Å². The van der Waals surface area contributed by atoms with Crippen molar-refractivity contribution in [1.82, 2.24) is 0 Å². The lowest BCUT2D eigenvalue weighted by atomic mass is 10.2. The monoisotopic (exact) mass is 211 g/mol. The number of nitrogens with two attached hydrogens (primary N) is 1. The molecule has 0 aliphatic heterocycles. The van der Waals surface area contributed by atoms with Crippen LogP contribution in [0.15, 0.2) is 17.5 Å². The highest BCUT2D eigenvalue weighted by atomic mass is 32.1. The van der Waals surface area contributed by atoms with Crippen molar-refractivity contribution in [3.63, 3.8) is 0 Å². The second kappa shape index (κ2) is 5.57. The molecule has 1 rings (SSSR count). The number of rotatable bonds is 4. The first-order valence-electron chi connectivity index (χ1n) is 4.32. The van der Waals surface area contributed by atoms with Crippen LogP contribution < -0.4 is 5.73 Å². The third-order valence-corrected chi connectivity index (χ3v) is 2.61. The molecule has 76 valence electrons. The molecule has 1 aromatic rings. The third-order valence-electron chi connectivity index (χ3n) is 1.70. The Balaban J connectivity index is 2.77. The van der Waals surface area contributed by atoms with E-state index < -0.39 is 0 Å². The molecule has 0 saturated carbocycles. The number of hydrogen-bond donors (Lipinski definition) is 1. The van der Waals surface area contributed by atoms with Gasteiger partial charge in [0.1, 0.15) is 4.88 Å². The third kappa shape index (κ3) is 2.68. The minimum absolute atomic E-state index is 0.285. The Kier molecular flexibility index (Phi) is 4.35. The molecule has 1 heterocycles. The van der Waals surface area contributed by atoms with E-state index in [0.29, 0.717) is 11.4 Å². The molecule has 0 spiro atoms. The second-order valence-electron chi connectivity index (χ2n) is 2.68.